The van der Waals surface area contributed by atoms with Crippen LogP contribution in [0.3, 0.4) is 0 Å². The Balaban J connectivity index is 4.39. The maximum Gasteiger partial charge on any atom is 0.472 e. The Hall–Kier alpha value is -3.88. The zero-order chi connectivity index (χ0) is 49.0. The molecule has 0 amide bonds. The highest BCUT2D eigenvalue weighted by Crippen LogP contribution is 2.43. The van der Waals surface area contributed by atoms with Crippen LogP contribution in [0.4, 0.5) is 0 Å². The standard InChI is InChI=1S/C58H92NO7P/c1-6-8-10-12-14-16-18-20-22-24-26-28-29-30-31-32-33-35-37-39-41-43-45-47-49-51-58(60)66-57(56-65-67(61,62)64-54-52-59(3,4)5)55-63-53-50-48-46-44-42-40-38-36-34-27-25-23-21-19-17-15-13-11-9-7-2/h8-11,14-17,20-23,26-28,30-31,33-35,38-41,44,46,57H,6-7,12-13,18-19,24-25,29,32,36-37,42-43,45,47-56H2,1-5H3/p+1/b10-8-,11-9-,16-14-,17-15-,22-20-,23-21-,28-26-,31-30-,34-27-,35-33-,40-38-,41-39-,46-44-. The Labute approximate surface area is 410 Å². The van der Waals surface area contributed by atoms with Crippen LogP contribution in [0, 0.1) is 0 Å². The normalized spacial score (nSPS) is 14.9. The highest BCUT2D eigenvalue weighted by Gasteiger charge is 2.26. The van der Waals surface area contributed by atoms with Crippen molar-refractivity contribution >= 4 is 13.8 Å². The summed E-state index contributed by atoms with van der Waals surface area (Å²) in [6, 6.07) is 0. The highest BCUT2D eigenvalue weighted by molar-refractivity contribution is 7.47. The first kappa shape index (κ1) is 63.1. The third-order valence-corrected chi connectivity index (χ3v) is 10.6. The number of esters is 1. The Morgan fingerprint density at radius 1 is 0.463 bits per heavy atom. The van der Waals surface area contributed by atoms with E-state index < -0.39 is 13.9 Å². The molecule has 2 atom stereocenters. The third kappa shape index (κ3) is 52.9. The van der Waals surface area contributed by atoms with Crippen LogP contribution >= 0.6 is 7.82 Å². The van der Waals surface area contributed by atoms with Crippen molar-refractivity contribution in [3.63, 3.8) is 0 Å². The topological polar surface area (TPSA) is 91.3 Å². The Bertz CT molecular complexity index is 1620. The molecule has 0 saturated heterocycles. The molecule has 0 aromatic carbocycles. The van der Waals surface area contributed by atoms with Gasteiger partial charge in [-0.25, -0.2) is 4.57 Å². The summed E-state index contributed by atoms with van der Waals surface area (Å²) in [6.45, 7) is 5.13. The second-order valence-corrected chi connectivity index (χ2v) is 18.5. The van der Waals surface area contributed by atoms with Crippen LogP contribution in [0.5, 0.6) is 0 Å². The summed E-state index contributed by atoms with van der Waals surface area (Å²) in [6.07, 6.45) is 74.5. The number of hydrogen-bond acceptors (Lipinski definition) is 6. The van der Waals surface area contributed by atoms with Crippen molar-refractivity contribution < 1.29 is 37.3 Å². The van der Waals surface area contributed by atoms with Crippen molar-refractivity contribution in [1.82, 2.24) is 0 Å². The summed E-state index contributed by atoms with van der Waals surface area (Å²) in [5.74, 6) is -0.373. The summed E-state index contributed by atoms with van der Waals surface area (Å²) < 4.78 is 35.0. The van der Waals surface area contributed by atoms with Gasteiger partial charge in [0, 0.05) is 13.0 Å². The molecule has 0 aliphatic heterocycles. The van der Waals surface area contributed by atoms with Crippen molar-refractivity contribution in [2.75, 3.05) is 54.1 Å². The Morgan fingerprint density at radius 2 is 0.821 bits per heavy atom. The van der Waals surface area contributed by atoms with Crippen molar-refractivity contribution in [1.29, 1.82) is 0 Å². The third-order valence-electron chi connectivity index (χ3n) is 9.59. The van der Waals surface area contributed by atoms with Gasteiger partial charge in [-0.1, -0.05) is 178 Å². The number of carbonyl (C=O) groups is 1. The van der Waals surface area contributed by atoms with Gasteiger partial charge in [-0.15, -0.1) is 0 Å². The summed E-state index contributed by atoms with van der Waals surface area (Å²) in [7, 11) is 1.58. The molecule has 0 heterocycles. The van der Waals surface area contributed by atoms with Gasteiger partial charge in [0.05, 0.1) is 34.4 Å². The fraction of sp³-hybridized carbons (Fsp3) is 0.534. The molecule has 67 heavy (non-hydrogen) atoms. The van der Waals surface area contributed by atoms with Gasteiger partial charge in [-0.2, -0.15) is 0 Å². The van der Waals surface area contributed by atoms with Crippen LogP contribution in [0.25, 0.3) is 0 Å². The fourth-order valence-corrected chi connectivity index (χ4v) is 6.52. The molecule has 376 valence electrons. The number of likely N-dealkylation sites (N-methyl/N-ethyl adjacent to an activating group) is 1. The molecule has 0 aliphatic carbocycles. The van der Waals surface area contributed by atoms with Crippen LogP contribution in [-0.4, -0.2) is 75.6 Å². The van der Waals surface area contributed by atoms with Crippen molar-refractivity contribution in [3.8, 4) is 0 Å². The lowest BCUT2D eigenvalue weighted by molar-refractivity contribution is -0.870. The van der Waals surface area contributed by atoms with Gasteiger partial charge in [0.1, 0.15) is 19.3 Å². The maximum absolute atomic E-state index is 12.8. The lowest BCUT2D eigenvalue weighted by Crippen LogP contribution is -2.37. The maximum atomic E-state index is 12.8. The second kappa shape index (κ2) is 48.6. The summed E-state index contributed by atoms with van der Waals surface area (Å²) in [5, 5.41) is 0. The summed E-state index contributed by atoms with van der Waals surface area (Å²) in [4.78, 5) is 23.0. The van der Waals surface area contributed by atoms with E-state index in [1.165, 1.54) is 0 Å². The first-order valence-electron chi connectivity index (χ1n) is 25.2. The smallest absolute Gasteiger partial charge is 0.457 e. The summed E-state index contributed by atoms with van der Waals surface area (Å²) in [5.41, 5.74) is 0. The van der Waals surface area contributed by atoms with E-state index in [9.17, 15) is 14.3 Å². The predicted octanol–water partition coefficient (Wildman–Crippen LogP) is 15.8. The molecule has 1 N–H and O–H groups in total. The molecule has 0 saturated carbocycles. The van der Waals surface area contributed by atoms with Crippen LogP contribution in [0.15, 0.2) is 158 Å². The molecule has 0 aromatic rings. The fourth-order valence-electron chi connectivity index (χ4n) is 5.78. The van der Waals surface area contributed by atoms with Gasteiger partial charge in [0.15, 0.2) is 0 Å². The first-order chi connectivity index (χ1) is 32.6. The number of phosphoric acid groups is 1. The first-order valence-corrected chi connectivity index (χ1v) is 26.7. The van der Waals surface area contributed by atoms with E-state index >= 15 is 0 Å². The molecule has 2 unspecified atom stereocenters. The van der Waals surface area contributed by atoms with Gasteiger partial charge in [-0.05, 0) is 116 Å². The van der Waals surface area contributed by atoms with Gasteiger partial charge in [-0.3, -0.25) is 13.8 Å². The minimum Gasteiger partial charge on any atom is -0.457 e. The number of carbonyl (C=O) groups excluding carboxylic acids is 1. The van der Waals surface area contributed by atoms with Crippen LogP contribution in [-0.2, 0) is 27.9 Å². The molecular formula is C58H93NO7P+. The summed E-state index contributed by atoms with van der Waals surface area (Å²) >= 11 is 0. The van der Waals surface area contributed by atoms with Gasteiger partial charge in [0.25, 0.3) is 0 Å². The lowest BCUT2D eigenvalue weighted by Gasteiger charge is -2.24. The van der Waals surface area contributed by atoms with Crippen molar-refractivity contribution in [2.45, 2.75) is 148 Å². The Morgan fingerprint density at radius 3 is 1.19 bits per heavy atom. The molecule has 0 fully saturated rings. The number of phosphoric ester groups is 1. The largest absolute Gasteiger partial charge is 0.472 e. The van der Waals surface area contributed by atoms with Gasteiger partial charge >= 0.3 is 13.8 Å². The number of ether oxygens (including phenoxy) is 2. The number of quaternary nitrogens is 1. The monoisotopic (exact) mass is 947 g/mol. The zero-order valence-electron chi connectivity index (χ0n) is 42.6. The van der Waals surface area contributed by atoms with E-state index in [4.69, 9.17) is 18.5 Å². The van der Waals surface area contributed by atoms with E-state index in [-0.39, 0.29) is 32.2 Å². The van der Waals surface area contributed by atoms with Crippen LogP contribution in [0.2, 0.25) is 0 Å². The van der Waals surface area contributed by atoms with Crippen LogP contribution in [0.1, 0.15) is 142 Å². The zero-order valence-corrected chi connectivity index (χ0v) is 43.5. The average molecular weight is 947 g/mol. The van der Waals surface area contributed by atoms with E-state index in [0.717, 1.165) is 116 Å². The molecule has 0 aromatic heterocycles. The molecule has 0 radical (unpaired) electrons. The Kier molecular flexibility index (Phi) is 45.8. The number of rotatable bonds is 44. The SMILES string of the molecule is CC/C=C\C/C=C\C/C=C\C/C=C\C/C=C\C/C=C\C/C=C\CCCCCC(=O)OC(COCCC/C=C\C/C=C\C/C=C\C/C=C\C/C=C\C/C=C\CC)COP(=O)(O)OCC[N+](C)(C)C. The van der Waals surface area contributed by atoms with E-state index in [2.05, 4.69) is 172 Å². The van der Waals surface area contributed by atoms with Crippen molar-refractivity contribution in [3.05, 3.63) is 158 Å². The number of unbranched alkanes of at least 4 members (excludes halogenated alkanes) is 4. The molecule has 0 spiro atoms. The molecular weight excluding hydrogens is 854 g/mol. The number of allylic oxidation sites excluding steroid dienone is 26. The molecule has 9 heteroatoms. The minimum atomic E-state index is -4.32. The minimum absolute atomic E-state index is 0.0600. The van der Waals surface area contributed by atoms with E-state index in [1.807, 2.05) is 21.1 Å². The van der Waals surface area contributed by atoms with Crippen LogP contribution < -0.4 is 0 Å². The number of nitrogens with zero attached hydrogens (tertiary/aromatic N) is 1. The van der Waals surface area contributed by atoms with E-state index in [1.54, 1.807) is 0 Å². The molecule has 0 rings (SSSR count). The molecule has 0 aliphatic rings. The average Bonchev–Trinajstić information content (AvgIpc) is 3.29. The predicted molar refractivity (Wildman–Crippen MR) is 288 cm³/mol. The molecule has 0 bridgehead atoms. The highest BCUT2D eigenvalue weighted by atomic mass is 31.2. The molecule has 8 nitrogen and oxygen atoms in total. The quantitative estimate of drug-likeness (QED) is 0.0214. The van der Waals surface area contributed by atoms with Gasteiger partial charge < -0.3 is 18.9 Å². The van der Waals surface area contributed by atoms with E-state index in [0.29, 0.717) is 24.1 Å². The van der Waals surface area contributed by atoms with Gasteiger partial charge in [0.2, 0.25) is 0 Å². The van der Waals surface area contributed by atoms with Crippen molar-refractivity contribution in [2.24, 2.45) is 0 Å². The number of hydrogen-bond donors (Lipinski definition) is 1. The second-order valence-electron chi connectivity index (χ2n) is 17.1. The lowest BCUT2D eigenvalue weighted by atomic mass is 10.1.